The van der Waals surface area contributed by atoms with Crippen LogP contribution in [0.1, 0.15) is 24.3 Å². The fourth-order valence-corrected chi connectivity index (χ4v) is 3.40. The lowest BCUT2D eigenvalue weighted by Crippen LogP contribution is -2.27. The van der Waals surface area contributed by atoms with Crippen molar-refractivity contribution in [2.24, 2.45) is 0 Å². The highest BCUT2D eigenvalue weighted by atomic mass is 32.2. The van der Waals surface area contributed by atoms with E-state index >= 15 is 0 Å². The zero-order valence-corrected chi connectivity index (χ0v) is 14.3. The van der Waals surface area contributed by atoms with Crippen LogP contribution in [0.25, 0.3) is 0 Å². The molecule has 22 heavy (non-hydrogen) atoms. The molecule has 2 aromatic rings. The molecule has 120 valence electrons. The predicted molar refractivity (Wildman–Crippen MR) is 88.1 cm³/mol. The number of hydrogen-bond donors (Lipinski definition) is 1. The minimum Gasteiger partial charge on any atom is -0.385 e. The number of thioether (sulfide) groups is 1. The number of aromatic nitrogens is 3. The van der Waals surface area contributed by atoms with E-state index in [-0.39, 0.29) is 11.9 Å². The number of thiophene rings is 1. The molecule has 0 unspecified atom stereocenters. The Bertz CT molecular complexity index is 571. The van der Waals surface area contributed by atoms with E-state index in [4.69, 9.17) is 4.74 Å². The number of methoxy groups -OCH3 is 1. The lowest BCUT2D eigenvalue weighted by molar-refractivity contribution is -0.119. The van der Waals surface area contributed by atoms with Gasteiger partial charge in [0, 0.05) is 25.1 Å². The fraction of sp³-hybridized carbons (Fsp3) is 0.500. The first-order valence-electron chi connectivity index (χ1n) is 7.03. The summed E-state index contributed by atoms with van der Waals surface area (Å²) in [4.78, 5) is 13.2. The Kier molecular flexibility index (Phi) is 6.88. The van der Waals surface area contributed by atoms with Crippen molar-refractivity contribution >= 4 is 29.0 Å². The van der Waals surface area contributed by atoms with E-state index in [2.05, 4.69) is 15.5 Å². The van der Waals surface area contributed by atoms with Gasteiger partial charge in [-0.3, -0.25) is 4.79 Å². The number of carbonyl (C=O) groups excluding carboxylic acids is 1. The number of hydrogen-bond acceptors (Lipinski definition) is 6. The number of nitrogens with one attached hydrogen (secondary N) is 1. The van der Waals surface area contributed by atoms with Crippen molar-refractivity contribution in [1.29, 1.82) is 0 Å². The Balaban J connectivity index is 1.77. The lowest BCUT2D eigenvalue weighted by atomic mass is 10.3. The Morgan fingerprint density at radius 3 is 3.18 bits per heavy atom. The van der Waals surface area contributed by atoms with E-state index in [1.807, 2.05) is 29.0 Å². The van der Waals surface area contributed by atoms with E-state index in [0.29, 0.717) is 12.4 Å². The van der Waals surface area contributed by atoms with Gasteiger partial charge in [-0.15, -0.1) is 21.5 Å². The van der Waals surface area contributed by atoms with Crippen LogP contribution in [-0.2, 0) is 16.1 Å². The highest BCUT2D eigenvalue weighted by Gasteiger charge is 2.12. The van der Waals surface area contributed by atoms with Gasteiger partial charge in [0.05, 0.1) is 11.8 Å². The van der Waals surface area contributed by atoms with Crippen molar-refractivity contribution in [2.45, 2.75) is 31.1 Å². The van der Waals surface area contributed by atoms with Crippen molar-refractivity contribution < 1.29 is 9.53 Å². The van der Waals surface area contributed by atoms with Gasteiger partial charge in [0.2, 0.25) is 5.91 Å². The summed E-state index contributed by atoms with van der Waals surface area (Å²) in [6.07, 6.45) is 2.58. The van der Waals surface area contributed by atoms with Gasteiger partial charge in [0.1, 0.15) is 6.33 Å². The number of rotatable bonds is 9. The third-order valence-corrected chi connectivity index (χ3v) is 5.04. The van der Waals surface area contributed by atoms with Gasteiger partial charge in [-0.25, -0.2) is 0 Å². The summed E-state index contributed by atoms with van der Waals surface area (Å²) in [6, 6.07) is 4.04. The van der Waals surface area contributed by atoms with Gasteiger partial charge in [-0.1, -0.05) is 17.8 Å². The number of carbonyl (C=O) groups is 1. The standard InChI is InChI=1S/C14H20N4O2S2/c1-11(12-5-3-8-21-12)16-13(19)9-22-14-17-15-10-18(14)6-4-7-20-2/h3,5,8,10-11H,4,6-7,9H2,1-2H3,(H,16,19)/t11-/m1/s1. The first-order valence-corrected chi connectivity index (χ1v) is 8.89. The van der Waals surface area contributed by atoms with Crippen LogP contribution in [0.5, 0.6) is 0 Å². The molecule has 0 saturated heterocycles. The predicted octanol–water partition coefficient (Wildman–Crippen LogP) is 2.35. The second-order valence-corrected chi connectivity index (χ2v) is 6.67. The molecule has 0 aromatic carbocycles. The molecular weight excluding hydrogens is 320 g/mol. The summed E-state index contributed by atoms with van der Waals surface area (Å²) in [5.74, 6) is 0.330. The van der Waals surface area contributed by atoms with Gasteiger partial charge in [-0.05, 0) is 24.8 Å². The molecule has 8 heteroatoms. The van der Waals surface area contributed by atoms with E-state index < -0.39 is 0 Å². The zero-order chi connectivity index (χ0) is 15.8. The molecule has 2 aromatic heterocycles. The Morgan fingerprint density at radius 1 is 1.59 bits per heavy atom. The molecule has 1 amide bonds. The molecule has 0 spiro atoms. The van der Waals surface area contributed by atoms with E-state index in [1.54, 1.807) is 24.8 Å². The second-order valence-electron chi connectivity index (χ2n) is 4.75. The van der Waals surface area contributed by atoms with Gasteiger partial charge in [-0.2, -0.15) is 0 Å². The maximum Gasteiger partial charge on any atom is 0.230 e. The molecule has 0 bridgehead atoms. The Morgan fingerprint density at radius 2 is 2.45 bits per heavy atom. The van der Waals surface area contributed by atoms with Crippen molar-refractivity contribution in [1.82, 2.24) is 20.1 Å². The highest BCUT2D eigenvalue weighted by molar-refractivity contribution is 7.99. The number of amides is 1. The smallest absolute Gasteiger partial charge is 0.230 e. The molecule has 0 fully saturated rings. The Labute approximate surface area is 138 Å². The average Bonchev–Trinajstić information content (AvgIpc) is 3.17. The third-order valence-electron chi connectivity index (χ3n) is 3.01. The monoisotopic (exact) mass is 340 g/mol. The molecule has 2 heterocycles. The lowest BCUT2D eigenvalue weighted by Gasteiger charge is -2.12. The summed E-state index contributed by atoms with van der Waals surface area (Å²) in [6.45, 7) is 3.47. The van der Waals surface area contributed by atoms with Gasteiger partial charge in [0.25, 0.3) is 0 Å². The quantitative estimate of drug-likeness (QED) is 0.560. The summed E-state index contributed by atoms with van der Waals surface area (Å²) in [5, 5.41) is 13.7. The molecule has 2 rings (SSSR count). The van der Waals surface area contributed by atoms with Crippen molar-refractivity contribution in [3.63, 3.8) is 0 Å². The van der Waals surface area contributed by atoms with E-state index in [9.17, 15) is 4.79 Å². The zero-order valence-electron chi connectivity index (χ0n) is 12.7. The fourth-order valence-electron chi connectivity index (χ4n) is 1.91. The van der Waals surface area contributed by atoms with Crippen molar-refractivity contribution in [2.75, 3.05) is 19.5 Å². The number of ether oxygens (including phenoxy) is 1. The maximum atomic E-state index is 12.0. The molecular formula is C14H20N4O2S2. The van der Waals surface area contributed by atoms with E-state index in [1.165, 1.54) is 11.8 Å². The first kappa shape index (κ1) is 17.0. The van der Waals surface area contributed by atoms with Crippen LogP contribution in [0.15, 0.2) is 29.0 Å². The summed E-state index contributed by atoms with van der Waals surface area (Å²) < 4.78 is 6.98. The molecule has 0 aliphatic carbocycles. The normalized spacial score (nSPS) is 12.3. The van der Waals surface area contributed by atoms with Crippen molar-refractivity contribution in [3.8, 4) is 0 Å². The summed E-state index contributed by atoms with van der Waals surface area (Å²) in [7, 11) is 1.68. The average molecular weight is 340 g/mol. The topological polar surface area (TPSA) is 69.0 Å². The SMILES string of the molecule is COCCCn1cnnc1SCC(=O)N[C@H](C)c1cccs1. The minimum atomic E-state index is -0.00246. The van der Waals surface area contributed by atoms with Gasteiger partial charge < -0.3 is 14.6 Å². The molecule has 0 aliphatic rings. The Hall–Kier alpha value is -1.38. The van der Waals surface area contributed by atoms with Gasteiger partial charge >= 0.3 is 0 Å². The molecule has 0 aliphatic heterocycles. The van der Waals surface area contributed by atoms with Crippen LogP contribution >= 0.6 is 23.1 Å². The van der Waals surface area contributed by atoms with Crippen LogP contribution in [0.3, 0.4) is 0 Å². The molecule has 6 nitrogen and oxygen atoms in total. The van der Waals surface area contributed by atoms with E-state index in [0.717, 1.165) is 23.0 Å². The largest absolute Gasteiger partial charge is 0.385 e. The first-order chi connectivity index (χ1) is 10.7. The molecule has 1 atom stereocenters. The number of aryl methyl sites for hydroxylation is 1. The van der Waals surface area contributed by atoms with Crippen LogP contribution in [-0.4, -0.2) is 40.1 Å². The molecule has 0 radical (unpaired) electrons. The van der Waals surface area contributed by atoms with Crippen LogP contribution in [0.2, 0.25) is 0 Å². The van der Waals surface area contributed by atoms with Crippen LogP contribution in [0.4, 0.5) is 0 Å². The van der Waals surface area contributed by atoms with Crippen molar-refractivity contribution in [3.05, 3.63) is 28.7 Å². The van der Waals surface area contributed by atoms with Gasteiger partial charge in [0.15, 0.2) is 5.16 Å². The maximum absolute atomic E-state index is 12.0. The summed E-state index contributed by atoms with van der Waals surface area (Å²) >= 11 is 3.04. The van der Waals surface area contributed by atoms with Crippen LogP contribution < -0.4 is 5.32 Å². The highest BCUT2D eigenvalue weighted by Crippen LogP contribution is 2.19. The second kappa shape index (κ2) is 8.92. The molecule has 1 N–H and O–H groups in total. The third kappa shape index (κ3) is 5.11. The number of nitrogens with zero attached hydrogens (tertiary/aromatic N) is 3. The molecule has 0 saturated carbocycles. The van der Waals surface area contributed by atoms with Crippen LogP contribution in [0, 0.1) is 0 Å². The minimum absolute atomic E-state index is 0.00246. The summed E-state index contributed by atoms with van der Waals surface area (Å²) in [5.41, 5.74) is 0.